The third-order valence-electron chi connectivity index (χ3n) is 2.45. The third-order valence-corrected chi connectivity index (χ3v) is 4.92. The molecular weight excluding hydrogens is 242 g/mol. The molecule has 0 saturated heterocycles. The van der Waals surface area contributed by atoms with Crippen LogP contribution in [0.25, 0.3) is 5.57 Å². The summed E-state index contributed by atoms with van der Waals surface area (Å²) in [6, 6.07) is 5.03. The number of benzene rings is 1. The first kappa shape index (κ1) is 11.5. The van der Waals surface area contributed by atoms with E-state index in [9.17, 15) is 8.42 Å². The van der Waals surface area contributed by atoms with E-state index in [1.165, 1.54) is 5.41 Å². The highest BCUT2D eigenvalue weighted by atomic mass is 32.2. The van der Waals surface area contributed by atoms with Gasteiger partial charge in [0.2, 0.25) is 9.84 Å². The summed E-state index contributed by atoms with van der Waals surface area (Å²) in [5.74, 6) is 1.65. The number of fused-ring (bicyclic) bond motifs is 1. The Kier molecular flexibility index (Phi) is 2.99. The van der Waals surface area contributed by atoms with E-state index < -0.39 is 9.84 Å². The van der Waals surface area contributed by atoms with Crippen LogP contribution in [0.4, 0.5) is 5.69 Å². The van der Waals surface area contributed by atoms with Crippen LogP contribution in [0.2, 0.25) is 0 Å². The van der Waals surface area contributed by atoms with Gasteiger partial charge in [0.05, 0.1) is 4.90 Å². The summed E-state index contributed by atoms with van der Waals surface area (Å²) in [5, 5.41) is 1.34. The Bertz CT molecular complexity index is 547. The molecule has 0 spiro atoms. The number of thioether (sulfide) groups is 1. The molecule has 1 aromatic rings. The monoisotopic (exact) mass is 255 g/mol. The van der Waals surface area contributed by atoms with E-state index in [-0.39, 0.29) is 0 Å². The lowest BCUT2D eigenvalue weighted by Gasteiger charge is -2.06. The highest BCUT2D eigenvalue weighted by Gasteiger charge is 2.27. The van der Waals surface area contributed by atoms with Crippen molar-refractivity contribution in [2.75, 3.05) is 17.2 Å². The van der Waals surface area contributed by atoms with Crippen molar-refractivity contribution in [2.24, 2.45) is 0 Å². The summed E-state index contributed by atoms with van der Waals surface area (Å²) in [5.41, 5.74) is 7.90. The first-order valence-corrected chi connectivity index (χ1v) is 7.68. The van der Waals surface area contributed by atoms with Gasteiger partial charge >= 0.3 is 0 Å². The van der Waals surface area contributed by atoms with Crippen LogP contribution in [0.15, 0.2) is 28.5 Å². The molecule has 0 saturated carbocycles. The van der Waals surface area contributed by atoms with Gasteiger partial charge in [-0.25, -0.2) is 8.42 Å². The van der Waals surface area contributed by atoms with Gasteiger partial charge in [0, 0.05) is 22.4 Å². The lowest BCUT2D eigenvalue weighted by atomic mass is 10.1. The summed E-state index contributed by atoms with van der Waals surface area (Å²) >= 11 is 1.69. The maximum Gasteiger partial charge on any atom is 0.200 e. The normalized spacial score (nSPS) is 16.9. The van der Waals surface area contributed by atoms with Gasteiger partial charge in [-0.3, -0.25) is 0 Å². The molecule has 2 rings (SSSR count). The van der Waals surface area contributed by atoms with Crippen LogP contribution in [0.1, 0.15) is 12.5 Å². The molecule has 0 fully saturated rings. The fourth-order valence-electron chi connectivity index (χ4n) is 1.76. The molecule has 1 aromatic carbocycles. The minimum atomic E-state index is -3.26. The van der Waals surface area contributed by atoms with Crippen molar-refractivity contribution in [3.8, 4) is 0 Å². The fraction of sp³-hybridized carbons (Fsp3) is 0.273. The second-order valence-electron chi connectivity index (χ2n) is 3.55. The number of rotatable bonds is 3. The largest absolute Gasteiger partial charge is 0.398 e. The first-order chi connectivity index (χ1) is 7.56. The predicted molar refractivity (Wildman–Crippen MR) is 69.0 cm³/mol. The molecule has 0 aliphatic carbocycles. The molecule has 1 aliphatic rings. The van der Waals surface area contributed by atoms with Crippen molar-refractivity contribution in [3.63, 3.8) is 0 Å². The maximum absolute atomic E-state index is 11.8. The Balaban J connectivity index is 2.53. The molecule has 86 valence electrons. The van der Waals surface area contributed by atoms with E-state index in [0.29, 0.717) is 21.9 Å². The summed E-state index contributed by atoms with van der Waals surface area (Å²) in [7, 11) is -3.26. The molecular formula is C11H13NO2S2. The number of hydrogen-bond acceptors (Lipinski definition) is 4. The van der Waals surface area contributed by atoms with Gasteiger partial charge < -0.3 is 5.73 Å². The Morgan fingerprint density at radius 3 is 2.81 bits per heavy atom. The SMILES string of the molecule is CCSCC1=CS(=O)(=O)c2cccc(N)c21. The minimum absolute atomic E-state index is 0.346. The van der Waals surface area contributed by atoms with Gasteiger partial charge in [-0.15, -0.1) is 0 Å². The zero-order valence-corrected chi connectivity index (χ0v) is 10.6. The summed E-state index contributed by atoms with van der Waals surface area (Å²) in [6.07, 6.45) is 0. The van der Waals surface area contributed by atoms with E-state index in [4.69, 9.17) is 5.73 Å². The molecule has 1 heterocycles. The number of anilines is 1. The van der Waals surface area contributed by atoms with E-state index in [1.807, 2.05) is 6.92 Å². The van der Waals surface area contributed by atoms with Crippen LogP contribution in [0.3, 0.4) is 0 Å². The molecule has 5 heteroatoms. The highest BCUT2D eigenvalue weighted by molar-refractivity contribution is 8.00. The molecule has 0 radical (unpaired) electrons. The number of hydrogen-bond donors (Lipinski definition) is 1. The Morgan fingerprint density at radius 1 is 1.38 bits per heavy atom. The van der Waals surface area contributed by atoms with Crippen molar-refractivity contribution in [2.45, 2.75) is 11.8 Å². The summed E-state index contributed by atoms with van der Waals surface area (Å²) in [4.78, 5) is 0.346. The average Bonchev–Trinajstić information content (AvgIpc) is 2.49. The molecule has 0 bridgehead atoms. The average molecular weight is 255 g/mol. The second-order valence-corrected chi connectivity index (χ2v) is 6.59. The number of sulfone groups is 1. The van der Waals surface area contributed by atoms with Gasteiger partial charge in [0.25, 0.3) is 0 Å². The molecule has 16 heavy (non-hydrogen) atoms. The lowest BCUT2D eigenvalue weighted by Crippen LogP contribution is -1.97. The van der Waals surface area contributed by atoms with Crippen LogP contribution < -0.4 is 5.73 Å². The first-order valence-electron chi connectivity index (χ1n) is 4.98. The fourth-order valence-corrected chi connectivity index (χ4v) is 4.02. The van der Waals surface area contributed by atoms with Crippen molar-refractivity contribution >= 4 is 32.9 Å². The maximum atomic E-state index is 11.8. The van der Waals surface area contributed by atoms with Crippen LogP contribution in [0.5, 0.6) is 0 Å². The van der Waals surface area contributed by atoms with E-state index in [2.05, 4.69) is 0 Å². The minimum Gasteiger partial charge on any atom is -0.398 e. The molecule has 0 amide bonds. The van der Waals surface area contributed by atoms with Crippen molar-refractivity contribution in [3.05, 3.63) is 29.2 Å². The Hall–Kier alpha value is -0.940. The molecule has 2 N–H and O–H groups in total. The van der Waals surface area contributed by atoms with Gasteiger partial charge in [-0.05, 0) is 23.5 Å². The van der Waals surface area contributed by atoms with Crippen molar-refractivity contribution in [1.82, 2.24) is 0 Å². The van der Waals surface area contributed by atoms with Crippen molar-refractivity contribution in [1.29, 1.82) is 0 Å². The van der Waals surface area contributed by atoms with E-state index >= 15 is 0 Å². The van der Waals surface area contributed by atoms with Crippen LogP contribution >= 0.6 is 11.8 Å². The molecule has 1 aliphatic heterocycles. The zero-order valence-electron chi connectivity index (χ0n) is 8.93. The topological polar surface area (TPSA) is 60.2 Å². The summed E-state index contributed by atoms with van der Waals surface area (Å²) in [6.45, 7) is 2.05. The lowest BCUT2D eigenvalue weighted by molar-refractivity contribution is 0.605. The van der Waals surface area contributed by atoms with Crippen molar-refractivity contribution < 1.29 is 8.42 Å². The number of nitrogens with two attached hydrogens (primary N) is 1. The van der Waals surface area contributed by atoms with Crippen LogP contribution in [-0.4, -0.2) is 19.9 Å². The molecule has 0 aromatic heterocycles. The van der Waals surface area contributed by atoms with E-state index in [0.717, 1.165) is 11.3 Å². The van der Waals surface area contributed by atoms with Gasteiger partial charge in [0.1, 0.15) is 0 Å². The third kappa shape index (κ3) is 1.85. The Morgan fingerprint density at radius 2 is 2.12 bits per heavy atom. The van der Waals surface area contributed by atoms with Crippen LogP contribution in [0, 0.1) is 0 Å². The number of nitrogen functional groups attached to an aromatic ring is 1. The summed E-state index contributed by atoms with van der Waals surface area (Å²) < 4.78 is 23.7. The van der Waals surface area contributed by atoms with Gasteiger partial charge in [-0.1, -0.05) is 13.0 Å². The van der Waals surface area contributed by atoms with E-state index in [1.54, 1.807) is 30.0 Å². The van der Waals surface area contributed by atoms with Gasteiger partial charge in [0.15, 0.2) is 0 Å². The highest BCUT2D eigenvalue weighted by Crippen LogP contribution is 2.38. The Labute approximate surface area is 99.6 Å². The molecule has 0 atom stereocenters. The predicted octanol–water partition coefficient (Wildman–Crippen LogP) is 2.15. The zero-order chi connectivity index (χ0) is 11.8. The van der Waals surface area contributed by atoms with Gasteiger partial charge in [-0.2, -0.15) is 11.8 Å². The second kappa shape index (κ2) is 4.14. The molecule has 0 unspecified atom stereocenters. The van der Waals surface area contributed by atoms with Crippen LogP contribution in [-0.2, 0) is 9.84 Å². The standard InChI is InChI=1S/C11H13NO2S2/c1-2-15-6-8-7-16(13,14)10-5-3-4-9(12)11(8)10/h3-5,7H,2,6,12H2,1H3. The quantitative estimate of drug-likeness (QED) is 0.841. The smallest absolute Gasteiger partial charge is 0.200 e. The molecule has 3 nitrogen and oxygen atoms in total.